The third-order valence-corrected chi connectivity index (χ3v) is 4.73. The first-order valence-corrected chi connectivity index (χ1v) is 9.68. The summed E-state index contributed by atoms with van der Waals surface area (Å²) in [5.74, 6) is 0.359. The van der Waals surface area contributed by atoms with Crippen molar-refractivity contribution in [3.8, 4) is 11.4 Å². The molecular weight excluding hydrogens is 382 g/mol. The number of ether oxygens (including phenoxy) is 2. The van der Waals surface area contributed by atoms with E-state index >= 15 is 0 Å². The van der Waals surface area contributed by atoms with Crippen molar-refractivity contribution in [2.24, 2.45) is 0 Å². The molecule has 2 aromatic carbocycles. The van der Waals surface area contributed by atoms with E-state index in [1.54, 1.807) is 25.5 Å². The smallest absolute Gasteiger partial charge is 0.310 e. The van der Waals surface area contributed by atoms with Gasteiger partial charge in [-0.2, -0.15) is 0 Å². The highest BCUT2D eigenvalue weighted by atomic mass is 16.5. The molecule has 0 aliphatic carbocycles. The average molecular weight is 403 g/mol. The first-order valence-electron chi connectivity index (χ1n) is 9.68. The fourth-order valence-corrected chi connectivity index (χ4v) is 3.35. The van der Waals surface area contributed by atoms with E-state index in [1.165, 1.54) is 0 Å². The zero-order valence-electron chi connectivity index (χ0n) is 16.5. The van der Waals surface area contributed by atoms with Crippen LogP contribution in [0, 0.1) is 0 Å². The Bertz CT molecular complexity index is 1190. The molecule has 30 heavy (non-hydrogen) atoms. The molecule has 0 spiro atoms. The van der Waals surface area contributed by atoms with E-state index in [2.05, 4.69) is 0 Å². The van der Waals surface area contributed by atoms with Crippen LogP contribution < -0.4 is 4.74 Å². The first kappa shape index (κ1) is 19.5. The monoisotopic (exact) mass is 403 g/mol. The molecule has 0 fully saturated rings. The molecule has 4 aromatic rings. The number of aldehydes is 1. The normalized spacial score (nSPS) is 10.8. The summed E-state index contributed by atoms with van der Waals surface area (Å²) < 4.78 is 18.6. The molecule has 0 saturated carbocycles. The second kappa shape index (κ2) is 8.69. The Hall–Kier alpha value is -3.80. The lowest BCUT2D eigenvalue weighted by Gasteiger charge is -2.13. The van der Waals surface area contributed by atoms with E-state index in [4.69, 9.17) is 13.9 Å². The molecule has 152 valence electrons. The SMILES string of the molecule is CCOC(=O)Cc1ccccc1OCc1cc(-n2ccc(C=O)c2)c2occc2c1. The summed E-state index contributed by atoms with van der Waals surface area (Å²) in [6.07, 6.45) is 6.18. The number of benzene rings is 2. The van der Waals surface area contributed by atoms with E-state index < -0.39 is 0 Å². The number of carbonyl (C=O) groups excluding carboxylic acids is 2. The van der Waals surface area contributed by atoms with Crippen molar-refractivity contribution < 1.29 is 23.5 Å². The number of para-hydroxylation sites is 1. The van der Waals surface area contributed by atoms with Gasteiger partial charge < -0.3 is 18.5 Å². The van der Waals surface area contributed by atoms with Crippen molar-refractivity contribution in [3.05, 3.63) is 83.9 Å². The Morgan fingerprint density at radius 2 is 2.03 bits per heavy atom. The summed E-state index contributed by atoms with van der Waals surface area (Å²) in [5, 5.41) is 0.937. The number of esters is 1. The van der Waals surface area contributed by atoms with Gasteiger partial charge in [0.1, 0.15) is 12.4 Å². The molecule has 0 unspecified atom stereocenters. The van der Waals surface area contributed by atoms with Gasteiger partial charge in [0.2, 0.25) is 0 Å². The molecule has 0 amide bonds. The van der Waals surface area contributed by atoms with Crippen LogP contribution in [0.25, 0.3) is 16.7 Å². The third-order valence-electron chi connectivity index (χ3n) is 4.73. The van der Waals surface area contributed by atoms with Crippen LogP contribution >= 0.6 is 0 Å². The lowest BCUT2D eigenvalue weighted by Crippen LogP contribution is -2.09. The molecule has 6 heteroatoms. The topological polar surface area (TPSA) is 70.7 Å². The Labute approximate surface area is 173 Å². The van der Waals surface area contributed by atoms with Crippen molar-refractivity contribution in [1.82, 2.24) is 4.57 Å². The summed E-state index contributed by atoms with van der Waals surface area (Å²) >= 11 is 0. The van der Waals surface area contributed by atoms with E-state index in [-0.39, 0.29) is 12.4 Å². The summed E-state index contributed by atoms with van der Waals surface area (Å²) in [7, 11) is 0. The van der Waals surface area contributed by atoms with E-state index in [0.29, 0.717) is 24.5 Å². The highest BCUT2D eigenvalue weighted by Crippen LogP contribution is 2.27. The quantitative estimate of drug-likeness (QED) is 0.314. The number of carbonyl (C=O) groups is 2. The van der Waals surface area contributed by atoms with Crippen LogP contribution in [0.1, 0.15) is 28.4 Å². The number of hydrogen-bond donors (Lipinski definition) is 0. The average Bonchev–Trinajstić information content (AvgIpc) is 3.42. The van der Waals surface area contributed by atoms with Crippen LogP contribution in [0.4, 0.5) is 0 Å². The highest BCUT2D eigenvalue weighted by molar-refractivity contribution is 5.86. The van der Waals surface area contributed by atoms with Crippen LogP contribution in [0.15, 0.2) is 71.6 Å². The molecule has 0 aliphatic heterocycles. The van der Waals surface area contributed by atoms with Gasteiger partial charge in [0.15, 0.2) is 11.9 Å². The zero-order chi connectivity index (χ0) is 20.9. The van der Waals surface area contributed by atoms with Gasteiger partial charge in [0, 0.05) is 28.9 Å². The standard InChI is InChI=1S/C24H21NO5/c1-2-28-23(27)13-19-5-3-4-6-22(19)30-16-18-11-20-8-10-29-24(20)21(12-18)25-9-7-17(14-25)15-26/h3-12,14-15H,2,13,16H2,1H3. The zero-order valence-corrected chi connectivity index (χ0v) is 16.5. The van der Waals surface area contributed by atoms with Gasteiger partial charge >= 0.3 is 5.97 Å². The van der Waals surface area contributed by atoms with E-state index in [9.17, 15) is 9.59 Å². The number of rotatable bonds is 8. The number of hydrogen-bond acceptors (Lipinski definition) is 5. The minimum atomic E-state index is -0.283. The van der Waals surface area contributed by atoms with E-state index in [0.717, 1.165) is 34.1 Å². The molecule has 0 radical (unpaired) electrons. The van der Waals surface area contributed by atoms with Gasteiger partial charge in [-0.1, -0.05) is 18.2 Å². The van der Waals surface area contributed by atoms with Crippen LogP contribution in [-0.2, 0) is 22.6 Å². The van der Waals surface area contributed by atoms with Gasteiger partial charge in [0.25, 0.3) is 0 Å². The van der Waals surface area contributed by atoms with Gasteiger partial charge in [0.05, 0.1) is 25.0 Å². The van der Waals surface area contributed by atoms with Gasteiger partial charge in [-0.3, -0.25) is 9.59 Å². The molecule has 2 aromatic heterocycles. The maximum Gasteiger partial charge on any atom is 0.310 e. The molecular formula is C24H21NO5. The number of nitrogens with zero attached hydrogens (tertiary/aromatic N) is 1. The second-order valence-electron chi connectivity index (χ2n) is 6.80. The highest BCUT2D eigenvalue weighted by Gasteiger charge is 2.12. The maximum absolute atomic E-state index is 11.9. The molecule has 0 saturated heterocycles. The molecule has 0 N–H and O–H groups in total. The van der Waals surface area contributed by atoms with Crippen LogP contribution in [0.3, 0.4) is 0 Å². The fourth-order valence-electron chi connectivity index (χ4n) is 3.35. The largest absolute Gasteiger partial charge is 0.489 e. The van der Waals surface area contributed by atoms with Crippen molar-refractivity contribution in [1.29, 1.82) is 0 Å². The predicted molar refractivity (Wildman–Crippen MR) is 112 cm³/mol. The minimum absolute atomic E-state index is 0.161. The lowest BCUT2D eigenvalue weighted by molar-refractivity contribution is -0.142. The predicted octanol–water partition coefficient (Wildman–Crippen LogP) is 4.72. The molecule has 2 heterocycles. The second-order valence-corrected chi connectivity index (χ2v) is 6.80. The Kier molecular flexibility index (Phi) is 5.66. The molecule has 0 atom stereocenters. The van der Waals surface area contributed by atoms with Crippen molar-refractivity contribution in [2.45, 2.75) is 20.0 Å². The maximum atomic E-state index is 11.9. The summed E-state index contributed by atoms with van der Waals surface area (Å²) in [6, 6.07) is 15.0. The van der Waals surface area contributed by atoms with E-state index in [1.807, 2.05) is 53.2 Å². The van der Waals surface area contributed by atoms with Crippen molar-refractivity contribution in [2.75, 3.05) is 6.61 Å². The summed E-state index contributed by atoms with van der Waals surface area (Å²) in [6.45, 7) is 2.45. The molecule has 6 nitrogen and oxygen atoms in total. The summed E-state index contributed by atoms with van der Waals surface area (Å²) in [5.41, 5.74) is 3.86. The van der Waals surface area contributed by atoms with Crippen molar-refractivity contribution in [3.63, 3.8) is 0 Å². The van der Waals surface area contributed by atoms with Gasteiger partial charge in [-0.05, 0) is 42.8 Å². The Morgan fingerprint density at radius 3 is 2.83 bits per heavy atom. The molecule has 4 rings (SSSR count). The minimum Gasteiger partial charge on any atom is -0.489 e. The molecule has 0 bridgehead atoms. The number of aromatic nitrogens is 1. The van der Waals surface area contributed by atoms with Gasteiger partial charge in [-0.15, -0.1) is 0 Å². The summed E-state index contributed by atoms with van der Waals surface area (Å²) in [4.78, 5) is 22.9. The fraction of sp³-hybridized carbons (Fsp3) is 0.167. The number of furan rings is 1. The lowest BCUT2D eigenvalue weighted by atomic mass is 10.1. The van der Waals surface area contributed by atoms with Crippen molar-refractivity contribution >= 4 is 23.2 Å². The Morgan fingerprint density at radius 1 is 1.17 bits per heavy atom. The third kappa shape index (κ3) is 4.12. The van der Waals surface area contributed by atoms with Crippen LogP contribution in [-0.4, -0.2) is 23.4 Å². The molecule has 0 aliphatic rings. The Balaban J connectivity index is 1.60. The first-order chi connectivity index (χ1) is 14.7. The van der Waals surface area contributed by atoms with Crippen LogP contribution in [0.5, 0.6) is 5.75 Å². The van der Waals surface area contributed by atoms with Gasteiger partial charge in [-0.25, -0.2) is 0 Å². The number of fused-ring (bicyclic) bond motifs is 1. The van der Waals surface area contributed by atoms with Crippen LogP contribution in [0.2, 0.25) is 0 Å².